The van der Waals surface area contributed by atoms with Gasteiger partial charge < -0.3 is 5.11 Å². The van der Waals surface area contributed by atoms with E-state index >= 15 is 0 Å². The average Bonchev–Trinajstić information content (AvgIpc) is 2.52. The zero-order valence-electron chi connectivity index (χ0n) is 11.8. The molecule has 0 aliphatic carbocycles. The minimum Gasteiger partial charge on any atom is -0.507 e. The second-order valence-corrected chi connectivity index (χ2v) is 6.08. The van der Waals surface area contributed by atoms with Crippen molar-refractivity contribution in [2.75, 3.05) is 0 Å². The Balaban J connectivity index is 1.93. The number of rotatable bonds is 3. The van der Waals surface area contributed by atoms with E-state index in [1.165, 1.54) is 5.56 Å². The van der Waals surface area contributed by atoms with Gasteiger partial charge in [-0.1, -0.05) is 65.9 Å². The fraction of sp³-hybridized carbons (Fsp3) is 0.0526. The average molecular weight is 292 g/mol. The first-order chi connectivity index (χ1) is 10.2. The standard InChI is InChI=1S/C19H16OS/c1-14-7-10-17(11-8-14)21-19-13-16(9-12-18(19)20)15-5-3-2-4-6-15/h2-13,20H,1H3. The summed E-state index contributed by atoms with van der Waals surface area (Å²) >= 11 is 1.58. The Kier molecular flexibility index (Phi) is 3.98. The third-order valence-electron chi connectivity index (χ3n) is 3.32. The van der Waals surface area contributed by atoms with Gasteiger partial charge in [0.25, 0.3) is 0 Å². The Morgan fingerprint density at radius 1 is 0.762 bits per heavy atom. The summed E-state index contributed by atoms with van der Waals surface area (Å²) in [7, 11) is 0. The molecular weight excluding hydrogens is 276 g/mol. The van der Waals surface area contributed by atoms with E-state index in [0.29, 0.717) is 5.75 Å². The summed E-state index contributed by atoms with van der Waals surface area (Å²) in [4.78, 5) is 2.00. The van der Waals surface area contributed by atoms with Crippen LogP contribution in [0.3, 0.4) is 0 Å². The largest absolute Gasteiger partial charge is 0.507 e. The third-order valence-corrected chi connectivity index (χ3v) is 4.37. The van der Waals surface area contributed by atoms with Crippen molar-refractivity contribution in [2.45, 2.75) is 16.7 Å². The lowest BCUT2D eigenvalue weighted by molar-refractivity contribution is 0.462. The van der Waals surface area contributed by atoms with Crippen LogP contribution in [-0.4, -0.2) is 5.11 Å². The number of phenols is 1. The summed E-state index contributed by atoms with van der Waals surface area (Å²) in [5.41, 5.74) is 3.51. The maximum Gasteiger partial charge on any atom is 0.129 e. The molecule has 0 spiro atoms. The first-order valence-corrected chi connectivity index (χ1v) is 7.67. The summed E-state index contributed by atoms with van der Waals surface area (Å²) in [6.45, 7) is 2.07. The molecule has 0 bridgehead atoms. The van der Waals surface area contributed by atoms with Crippen molar-refractivity contribution in [3.05, 3.63) is 78.4 Å². The van der Waals surface area contributed by atoms with Crippen molar-refractivity contribution in [3.8, 4) is 16.9 Å². The van der Waals surface area contributed by atoms with Gasteiger partial charge in [0.1, 0.15) is 5.75 Å². The molecule has 21 heavy (non-hydrogen) atoms. The summed E-state index contributed by atoms with van der Waals surface area (Å²) < 4.78 is 0. The fourth-order valence-corrected chi connectivity index (χ4v) is 3.02. The molecule has 0 atom stereocenters. The fourth-order valence-electron chi connectivity index (χ4n) is 2.14. The molecule has 0 aliphatic rings. The predicted molar refractivity (Wildman–Crippen MR) is 88.8 cm³/mol. The van der Waals surface area contributed by atoms with Crippen LogP contribution < -0.4 is 0 Å². The maximum atomic E-state index is 10.1. The van der Waals surface area contributed by atoms with Gasteiger partial charge in [0, 0.05) is 4.90 Å². The Bertz CT molecular complexity index is 733. The van der Waals surface area contributed by atoms with Gasteiger partial charge in [0.05, 0.1) is 4.90 Å². The molecule has 0 saturated carbocycles. The minimum absolute atomic E-state index is 0.320. The molecule has 1 N–H and O–H groups in total. The molecular formula is C19H16OS. The number of hydrogen-bond donors (Lipinski definition) is 1. The van der Waals surface area contributed by atoms with Crippen LogP contribution in [0.4, 0.5) is 0 Å². The van der Waals surface area contributed by atoms with Crippen LogP contribution >= 0.6 is 11.8 Å². The van der Waals surface area contributed by atoms with E-state index in [0.717, 1.165) is 20.9 Å². The SMILES string of the molecule is Cc1ccc(Sc2cc(-c3ccccc3)ccc2O)cc1. The van der Waals surface area contributed by atoms with E-state index in [-0.39, 0.29) is 0 Å². The number of hydrogen-bond acceptors (Lipinski definition) is 2. The van der Waals surface area contributed by atoms with Crippen LogP contribution in [0.15, 0.2) is 82.6 Å². The predicted octanol–water partition coefficient (Wildman–Crippen LogP) is 5.52. The van der Waals surface area contributed by atoms with Gasteiger partial charge in [0.15, 0.2) is 0 Å². The Hall–Kier alpha value is -2.19. The second-order valence-electron chi connectivity index (χ2n) is 4.96. The topological polar surface area (TPSA) is 20.2 Å². The van der Waals surface area contributed by atoms with E-state index in [9.17, 15) is 5.11 Å². The van der Waals surface area contributed by atoms with Gasteiger partial charge in [-0.2, -0.15) is 0 Å². The van der Waals surface area contributed by atoms with Gasteiger partial charge in [-0.25, -0.2) is 0 Å². The molecule has 1 nitrogen and oxygen atoms in total. The minimum atomic E-state index is 0.320. The highest BCUT2D eigenvalue weighted by Gasteiger charge is 2.06. The normalized spacial score (nSPS) is 10.5. The Morgan fingerprint density at radius 2 is 1.48 bits per heavy atom. The van der Waals surface area contributed by atoms with Crippen molar-refractivity contribution in [1.29, 1.82) is 0 Å². The van der Waals surface area contributed by atoms with Crippen molar-refractivity contribution in [1.82, 2.24) is 0 Å². The smallest absolute Gasteiger partial charge is 0.129 e. The van der Waals surface area contributed by atoms with Gasteiger partial charge in [-0.05, 0) is 42.3 Å². The van der Waals surface area contributed by atoms with Crippen LogP contribution in [0.25, 0.3) is 11.1 Å². The van der Waals surface area contributed by atoms with Gasteiger partial charge in [0.2, 0.25) is 0 Å². The molecule has 0 amide bonds. The summed E-state index contributed by atoms with van der Waals surface area (Å²) in [6.07, 6.45) is 0. The van der Waals surface area contributed by atoms with E-state index in [2.05, 4.69) is 43.3 Å². The molecule has 0 heterocycles. The van der Waals surface area contributed by atoms with E-state index < -0.39 is 0 Å². The summed E-state index contributed by atoms with van der Waals surface area (Å²) in [5.74, 6) is 0.320. The molecule has 0 saturated heterocycles. The highest BCUT2D eigenvalue weighted by molar-refractivity contribution is 7.99. The quantitative estimate of drug-likeness (QED) is 0.686. The van der Waals surface area contributed by atoms with Gasteiger partial charge in [-0.3, -0.25) is 0 Å². The van der Waals surface area contributed by atoms with Crippen molar-refractivity contribution < 1.29 is 5.11 Å². The first kappa shape index (κ1) is 13.8. The maximum absolute atomic E-state index is 10.1. The third kappa shape index (κ3) is 3.29. The van der Waals surface area contributed by atoms with E-state index in [1.807, 2.05) is 30.3 Å². The van der Waals surface area contributed by atoms with Crippen LogP contribution in [0.1, 0.15) is 5.56 Å². The molecule has 3 aromatic carbocycles. The monoisotopic (exact) mass is 292 g/mol. The van der Waals surface area contributed by atoms with Crippen molar-refractivity contribution >= 4 is 11.8 Å². The first-order valence-electron chi connectivity index (χ1n) is 6.85. The lowest BCUT2D eigenvalue weighted by Gasteiger charge is -2.08. The lowest BCUT2D eigenvalue weighted by atomic mass is 10.1. The van der Waals surface area contributed by atoms with Crippen molar-refractivity contribution in [3.63, 3.8) is 0 Å². The Morgan fingerprint density at radius 3 is 2.19 bits per heavy atom. The van der Waals surface area contributed by atoms with E-state index in [4.69, 9.17) is 0 Å². The number of aromatic hydroxyl groups is 1. The molecule has 3 rings (SSSR count). The zero-order chi connectivity index (χ0) is 14.7. The summed E-state index contributed by atoms with van der Waals surface area (Å²) in [6, 6.07) is 24.3. The van der Waals surface area contributed by atoms with Crippen LogP contribution in [0.5, 0.6) is 5.75 Å². The highest BCUT2D eigenvalue weighted by Crippen LogP contribution is 2.37. The van der Waals surface area contributed by atoms with Crippen LogP contribution in [0.2, 0.25) is 0 Å². The lowest BCUT2D eigenvalue weighted by Crippen LogP contribution is -1.81. The number of phenolic OH excluding ortho intramolecular Hbond substituents is 1. The highest BCUT2D eigenvalue weighted by atomic mass is 32.2. The second kappa shape index (κ2) is 6.06. The van der Waals surface area contributed by atoms with Gasteiger partial charge in [-0.15, -0.1) is 0 Å². The molecule has 0 radical (unpaired) electrons. The number of aryl methyl sites for hydroxylation is 1. The molecule has 3 aromatic rings. The molecule has 0 fully saturated rings. The van der Waals surface area contributed by atoms with Crippen LogP contribution in [-0.2, 0) is 0 Å². The van der Waals surface area contributed by atoms with Gasteiger partial charge >= 0.3 is 0 Å². The molecule has 0 aromatic heterocycles. The molecule has 0 aliphatic heterocycles. The zero-order valence-corrected chi connectivity index (χ0v) is 12.6. The molecule has 2 heteroatoms. The molecule has 104 valence electrons. The Labute approximate surface area is 129 Å². The number of benzene rings is 3. The summed E-state index contributed by atoms with van der Waals surface area (Å²) in [5, 5.41) is 10.1. The van der Waals surface area contributed by atoms with Crippen molar-refractivity contribution in [2.24, 2.45) is 0 Å². The van der Waals surface area contributed by atoms with Crippen LogP contribution in [0, 0.1) is 6.92 Å². The van der Waals surface area contributed by atoms with E-state index in [1.54, 1.807) is 17.8 Å². The molecule has 0 unspecified atom stereocenters.